The largest absolute Gasteiger partial charge is 0.369 e. The fraction of sp³-hybridized carbons (Fsp3) is 0.529. The summed E-state index contributed by atoms with van der Waals surface area (Å²) in [5.41, 5.74) is 7.68. The van der Waals surface area contributed by atoms with E-state index in [1.54, 1.807) is 0 Å². The maximum absolute atomic E-state index is 12.7. The van der Waals surface area contributed by atoms with Crippen LogP contribution in [-0.2, 0) is 16.0 Å². The van der Waals surface area contributed by atoms with Crippen LogP contribution in [0.1, 0.15) is 25.3 Å². The minimum atomic E-state index is -0.201. The van der Waals surface area contributed by atoms with Crippen LogP contribution < -0.4 is 15.5 Å². The molecule has 0 radical (unpaired) electrons. The standard InChI is InChI=1S/C17H23N3O2/c1-12-10-14-4-2-3-5-15(14)20(12)16(21)11-19-8-6-13(7-9-19)17(18)22/h2-5,12-13H,6-11H2,1H3,(H2,18,22)/p+1/t12-/m1/s1. The Hall–Kier alpha value is -1.88. The van der Waals surface area contributed by atoms with E-state index in [1.165, 1.54) is 10.5 Å². The topological polar surface area (TPSA) is 67.8 Å². The second-order valence-electron chi connectivity index (χ2n) is 6.55. The highest BCUT2D eigenvalue weighted by molar-refractivity contribution is 5.96. The number of hydrogen-bond acceptors (Lipinski definition) is 2. The molecule has 3 N–H and O–H groups in total. The van der Waals surface area contributed by atoms with E-state index in [1.807, 2.05) is 23.1 Å². The van der Waals surface area contributed by atoms with Crippen molar-refractivity contribution in [2.75, 3.05) is 24.5 Å². The summed E-state index contributed by atoms with van der Waals surface area (Å²) in [7, 11) is 0. The Balaban J connectivity index is 1.62. The highest BCUT2D eigenvalue weighted by Gasteiger charge is 2.34. The van der Waals surface area contributed by atoms with Gasteiger partial charge in [-0.25, -0.2) is 0 Å². The molecule has 0 spiro atoms. The van der Waals surface area contributed by atoms with Gasteiger partial charge in [-0.15, -0.1) is 0 Å². The van der Waals surface area contributed by atoms with E-state index in [-0.39, 0.29) is 23.8 Å². The van der Waals surface area contributed by atoms with Crippen LogP contribution in [0.2, 0.25) is 0 Å². The monoisotopic (exact) mass is 302 g/mol. The van der Waals surface area contributed by atoms with Crippen molar-refractivity contribution >= 4 is 17.5 Å². The van der Waals surface area contributed by atoms with E-state index in [0.717, 1.165) is 38.0 Å². The zero-order valence-corrected chi connectivity index (χ0v) is 13.0. The maximum Gasteiger partial charge on any atom is 0.282 e. The van der Waals surface area contributed by atoms with Crippen molar-refractivity contribution in [3.05, 3.63) is 29.8 Å². The quantitative estimate of drug-likeness (QED) is 0.808. The van der Waals surface area contributed by atoms with Crippen molar-refractivity contribution in [2.24, 2.45) is 11.7 Å². The molecule has 2 aliphatic heterocycles. The molecule has 118 valence electrons. The Morgan fingerprint density at radius 1 is 1.27 bits per heavy atom. The molecule has 0 aromatic heterocycles. The van der Waals surface area contributed by atoms with Gasteiger partial charge in [0, 0.05) is 30.5 Å². The molecule has 2 aliphatic rings. The van der Waals surface area contributed by atoms with Crippen LogP contribution in [0.15, 0.2) is 24.3 Å². The molecular weight excluding hydrogens is 278 g/mol. The van der Waals surface area contributed by atoms with Crippen LogP contribution in [0, 0.1) is 5.92 Å². The number of benzene rings is 1. The summed E-state index contributed by atoms with van der Waals surface area (Å²) in [6.45, 7) is 4.31. The van der Waals surface area contributed by atoms with Gasteiger partial charge in [0.15, 0.2) is 6.54 Å². The fourth-order valence-corrected chi connectivity index (χ4v) is 3.73. The number of nitrogens with zero attached hydrogens (tertiary/aromatic N) is 1. The van der Waals surface area contributed by atoms with E-state index in [0.29, 0.717) is 6.54 Å². The van der Waals surface area contributed by atoms with Gasteiger partial charge in [-0.2, -0.15) is 0 Å². The summed E-state index contributed by atoms with van der Waals surface area (Å²) in [4.78, 5) is 27.1. The molecule has 3 rings (SSSR count). The predicted octanol–water partition coefficient (Wildman–Crippen LogP) is -0.256. The molecule has 5 heteroatoms. The smallest absolute Gasteiger partial charge is 0.282 e. The van der Waals surface area contributed by atoms with Crippen molar-refractivity contribution in [3.63, 3.8) is 0 Å². The molecule has 0 saturated carbocycles. The first-order valence-electron chi connectivity index (χ1n) is 8.09. The van der Waals surface area contributed by atoms with Crippen LogP contribution >= 0.6 is 0 Å². The number of likely N-dealkylation sites (tertiary alicyclic amines) is 1. The number of hydrogen-bond donors (Lipinski definition) is 2. The van der Waals surface area contributed by atoms with Gasteiger partial charge in [0.05, 0.1) is 13.1 Å². The zero-order valence-electron chi connectivity index (χ0n) is 13.0. The molecule has 1 fully saturated rings. The van der Waals surface area contributed by atoms with Gasteiger partial charge >= 0.3 is 0 Å². The average molecular weight is 302 g/mol. The van der Waals surface area contributed by atoms with Gasteiger partial charge in [0.2, 0.25) is 5.91 Å². The van der Waals surface area contributed by atoms with E-state index in [9.17, 15) is 9.59 Å². The number of anilines is 1. The van der Waals surface area contributed by atoms with Gasteiger partial charge in [-0.3, -0.25) is 9.59 Å². The lowest BCUT2D eigenvalue weighted by Crippen LogP contribution is -3.14. The summed E-state index contributed by atoms with van der Waals surface area (Å²) in [6, 6.07) is 8.38. The number of rotatable bonds is 3. The van der Waals surface area contributed by atoms with Crippen molar-refractivity contribution in [1.82, 2.24) is 0 Å². The van der Waals surface area contributed by atoms with Crippen molar-refractivity contribution < 1.29 is 14.5 Å². The van der Waals surface area contributed by atoms with E-state index >= 15 is 0 Å². The third kappa shape index (κ3) is 2.86. The fourth-order valence-electron chi connectivity index (χ4n) is 3.73. The Bertz CT molecular complexity index is 579. The number of primary amides is 1. The van der Waals surface area contributed by atoms with Crippen molar-refractivity contribution in [3.8, 4) is 0 Å². The number of carbonyl (C=O) groups is 2. The summed E-state index contributed by atoms with van der Waals surface area (Å²) in [6.07, 6.45) is 2.52. The summed E-state index contributed by atoms with van der Waals surface area (Å²) in [5, 5.41) is 0. The number of carbonyl (C=O) groups excluding carboxylic acids is 2. The van der Waals surface area contributed by atoms with Crippen LogP contribution in [0.4, 0.5) is 5.69 Å². The Kier molecular flexibility index (Phi) is 4.16. The lowest BCUT2D eigenvalue weighted by atomic mass is 9.96. The Labute approximate surface area is 131 Å². The summed E-state index contributed by atoms with van der Waals surface area (Å²) in [5.74, 6) is -0.0252. The Morgan fingerprint density at radius 3 is 2.64 bits per heavy atom. The van der Waals surface area contributed by atoms with Gasteiger partial charge in [0.25, 0.3) is 5.91 Å². The molecule has 0 aliphatic carbocycles. The molecular formula is C17H24N3O2+. The van der Waals surface area contributed by atoms with E-state index in [2.05, 4.69) is 13.0 Å². The average Bonchev–Trinajstić information content (AvgIpc) is 2.83. The number of nitrogens with one attached hydrogen (secondary N) is 1. The maximum atomic E-state index is 12.7. The normalized spacial score (nSPS) is 27.5. The minimum Gasteiger partial charge on any atom is -0.369 e. The van der Waals surface area contributed by atoms with Crippen LogP contribution in [0.3, 0.4) is 0 Å². The predicted molar refractivity (Wildman–Crippen MR) is 84.6 cm³/mol. The molecule has 0 bridgehead atoms. The van der Waals surface area contributed by atoms with Crippen molar-refractivity contribution in [1.29, 1.82) is 0 Å². The second kappa shape index (κ2) is 6.08. The molecule has 1 aromatic carbocycles. The molecule has 0 unspecified atom stereocenters. The molecule has 1 atom stereocenters. The van der Waals surface area contributed by atoms with E-state index in [4.69, 9.17) is 5.73 Å². The second-order valence-corrected chi connectivity index (χ2v) is 6.55. The molecule has 22 heavy (non-hydrogen) atoms. The third-order valence-electron chi connectivity index (χ3n) is 4.97. The third-order valence-corrected chi connectivity index (χ3v) is 4.97. The van der Waals surface area contributed by atoms with Crippen molar-refractivity contribution in [2.45, 2.75) is 32.2 Å². The number of quaternary nitrogens is 1. The SMILES string of the molecule is C[C@@H]1Cc2ccccc2N1C(=O)C[NH+]1CCC(C(N)=O)CC1. The molecule has 1 saturated heterocycles. The molecule has 1 aromatic rings. The minimum absolute atomic E-state index is 0.00899. The van der Waals surface area contributed by atoms with Gasteiger partial charge in [0.1, 0.15) is 0 Å². The zero-order chi connectivity index (χ0) is 15.7. The molecule has 2 amide bonds. The van der Waals surface area contributed by atoms with Crippen LogP contribution in [0.5, 0.6) is 0 Å². The first-order chi connectivity index (χ1) is 10.6. The van der Waals surface area contributed by atoms with Gasteiger partial charge in [-0.1, -0.05) is 18.2 Å². The van der Waals surface area contributed by atoms with Crippen LogP contribution in [-0.4, -0.2) is 37.5 Å². The highest BCUT2D eigenvalue weighted by atomic mass is 16.2. The van der Waals surface area contributed by atoms with Gasteiger partial charge < -0.3 is 15.5 Å². The highest BCUT2D eigenvalue weighted by Crippen LogP contribution is 2.31. The number of nitrogens with two attached hydrogens (primary N) is 1. The molecule has 5 nitrogen and oxygen atoms in total. The summed E-state index contributed by atoms with van der Waals surface area (Å²) < 4.78 is 0. The molecule has 2 heterocycles. The first-order valence-corrected chi connectivity index (χ1v) is 8.09. The number of fused-ring (bicyclic) bond motifs is 1. The lowest BCUT2D eigenvalue weighted by molar-refractivity contribution is -0.897. The summed E-state index contributed by atoms with van der Waals surface area (Å²) >= 11 is 0. The number of amides is 2. The van der Waals surface area contributed by atoms with E-state index < -0.39 is 0 Å². The number of piperidine rings is 1. The Morgan fingerprint density at radius 2 is 1.95 bits per heavy atom. The van der Waals surface area contributed by atoms with Crippen LogP contribution in [0.25, 0.3) is 0 Å². The lowest BCUT2D eigenvalue weighted by Gasteiger charge is -2.30. The first kappa shape index (κ1) is 15.0. The number of para-hydroxylation sites is 1. The van der Waals surface area contributed by atoms with Gasteiger partial charge in [-0.05, 0) is 25.0 Å².